The van der Waals surface area contributed by atoms with Gasteiger partial charge in [0.25, 0.3) is 0 Å². The minimum atomic E-state index is -0.654. The maximum absolute atomic E-state index is 15.1. The van der Waals surface area contributed by atoms with Gasteiger partial charge >= 0.3 is 0 Å². The molecule has 7 nitrogen and oxygen atoms in total. The number of aryl methyl sites for hydroxylation is 1. The third-order valence-corrected chi connectivity index (χ3v) is 5.49. The smallest absolute Gasteiger partial charge is 0.212 e. The number of methoxy groups -OCH3 is 1. The predicted molar refractivity (Wildman–Crippen MR) is 106 cm³/mol. The van der Waals surface area contributed by atoms with E-state index in [9.17, 15) is 9.65 Å². The number of nitrogens with zero attached hydrogens (tertiary/aromatic N) is 6. The summed E-state index contributed by atoms with van der Waals surface area (Å²) in [4.78, 5) is 5.63. The first-order chi connectivity index (χ1) is 14.5. The standard InChI is InChI=1S/C21H20F2N6O/c1-28-12-26-27-21(28)13-5-7-29(8-6-13)20-15(10-24)17(30-2)9-16(22)19(20)14-3-4-18(23)25-11-14/h3-4,9,11-13H,5-8H2,1-2H3. The van der Waals surface area contributed by atoms with Crippen molar-refractivity contribution in [2.45, 2.75) is 18.8 Å². The Morgan fingerprint density at radius 2 is 2.00 bits per heavy atom. The zero-order valence-electron chi connectivity index (χ0n) is 16.6. The van der Waals surface area contributed by atoms with E-state index in [1.54, 1.807) is 6.33 Å². The van der Waals surface area contributed by atoms with Crippen LogP contribution in [0.15, 0.2) is 30.7 Å². The molecule has 3 heterocycles. The molecule has 0 unspecified atom stereocenters. The number of rotatable bonds is 4. The third kappa shape index (κ3) is 3.45. The number of halogens is 2. The van der Waals surface area contributed by atoms with Gasteiger partial charge in [-0.05, 0) is 25.0 Å². The van der Waals surface area contributed by atoms with Crippen LogP contribution >= 0.6 is 0 Å². The molecule has 0 saturated carbocycles. The molecule has 1 aliphatic rings. The minimum Gasteiger partial charge on any atom is -0.495 e. The molecule has 1 fully saturated rings. The number of pyridine rings is 1. The molecule has 4 rings (SSSR count). The van der Waals surface area contributed by atoms with Crippen LogP contribution in [0.2, 0.25) is 0 Å². The average Bonchev–Trinajstić information content (AvgIpc) is 3.19. The number of aromatic nitrogens is 4. The van der Waals surface area contributed by atoms with Crippen molar-refractivity contribution in [1.29, 1.82) is 5.26 Å². The summed E-state index contributed by atoms with van der Waals surface area (Å²) < 4.78 is 35.7. The van der Waals surface area contributed by atoms with Crippen molar-refractivity contribution in [3.8, 4) is 22.9 Å². The van der Waals surface area contributed by atoms with E-state index in [1.165, 1.54) is 31.5 Å². The molecule has 0 bridgehead atoms. The molecule has 3 aromatic rings. The molecular formula is C21H20F2N6O. The Hall–Kier alpha value is -3.54. The highest BCUT2D eigenvalue weighted by atomic mass is 19.1. The summed E-state index contributed by atoms with van der Waals surface area (Å²) in [5.74, 6) is 0.101. The van der Waals surface area contributed by atoms with E-state index >= 15 is 4.39 Å². The van der Waals surface area contributed by atoms with Crippen molar-refractivity contribution in [3.63, 3.8) is 0 Å². The van der Waals surface area contributed by atoms with Crippen LogP contribution in [0.1, 0.15) is 30.1 Å². The van der Waals surface area contributed by atoms with Crippen molar-refractivity contribution < 1.29 is 13.5 Å². The van der Waals surface area contributed by atoms with Gasteiger partial charge in [-0.3, -0.25) is 0 Å². The van der Waals surface area contributed by atoms with E-state index in [1.807, 2.05) is 16.5 Å². The quantitative estimate of drug-likeness (QED) is 0.613. The molecule has 30 heavy (non-hydrogen) atoms. The Morgan fingerprint density at radius 1 is 1.23 bits per heavy atom. The largest absolute Gasteiger partial charge is 0.495 e. The van der Waals surface area contributed by atoms with Gasteiger partial charge in [-0.1, -0.05) is 0 Å². The third-order valence-electron chi connectivity index (χ3n) is 5.49. The summed E-state index contributed by atoms with van der Waals surface area (Å²) in [6.45, 7) is 1.20. The van der Waals surface area contributed by atoms with Crippen molar-refractivity contribution in [3.05, 3.63) is 53.9 Å². The monoisotopic (exact) mass is 410 g/mol. The van der Waals surface area contributed by atoms with Gasteiger partial charge in [0.05, 0.1) is 12.8 Å². The molecule has 1 aliphatic heterocycles. The number of piperidine rings is 1. The summed E-state index contributed by atoms with van der Waals surface area (Å²) in [6, 6.07) is 5.98. The van der Waals surface area contributed by atoms with Gasteiger partial charge in [0.1, 0.15) is 35.4 Å². The van der Waals surface area contributed by atoms with E-state index in [2.05, 4.69) is 21.3 Å². The normalized spacial score (nSPS) is 14.6. The summed E-state index contributed by atoms with van der Waals surface area (Å²) in [6.07, 6.45) is 4.50. The van der Waals surface area contributed by atoms with Crippen LogP contribution in [-0.2, 0) is 7.05 Å². The fourth-order valence-corrected chi connectivity index (χ4v) is 4.02. The predicted octanol–water partition coefficient (Wildman–Crippen LogP) is 3.42. The highest BCUT2D eigenvalue weighted by Crippen LogP contribution is 2.42. The molecule has 2 aromatic heterocycles. The topological polar surface area (TPSA) is 79.9 Å². The maximum Gasteiger partial charge on any atom is 0.212 e. The van der Waals surface area contributed by atoms with Gasteiger partial charge in [0, 0.05) is 49.4 Å². The van der Waals surface area contributed by atoms with Crippen LogP contribution in [0.3, 0.4) is 0 Å². The molecule has 0 spiro atoms. The zero-order chi connectivity index (χ0) is 21.3. The van der Waals surface area contributed by atoms with E-state index in [-0.39, 0.29) is 22.8 Å². The second-order valence-corrected chi connectivity index (χ2v) is 7.20. The van der Waals surface area contributed by atoms with Crippen molar-refractivity contribution in [1.82, 2.24) is 19.7 Å². The Balaban J connectivity index is 1.76. The molecule has 0 atom stereocenters. The number of ether oxygens (including phenoxy) is 1. The number of hydrogen-bond acceptors (Lipinski definition) is 6. The van der Waals surface area contributed by atoms with Crippen molar-refractivity contribution >= 4 is 5.69 Å². The molecule has 1 aromatic carbocycles. The van der Waals surface area contributed by atoms with Crippen molar-refractivity contribution in [2.24, 2.45) is 7.05 Å². The molecule has 0 aliphatic carbocycles. The fraction of sp³-hybridized carbons (Fsp3) is 0.333. The SMILES string of the molecule is COc1cc(F)c(-c2ccc(F)nc2)c(N2CCC(c3nncn3C)CC2)c1C#N. The maximum atomic E-state index is 15.1. The second-order valence-electron chi connectivity index (χ2n) is 7.20. The van der Waals surface area contributed by atoms with Gasteiger partial charge in [0.2, 0.25) is 5.95 Å². The molecular weight excluding hydrogens is 390 g/mol. The van der Waals surface area contributed by atoms with Crippen LogP contribution < -0.4 is 9.64 Å². The second kappa shape index (κ2) is 8.06. The first-order valence-corrected chi connectivity index (χ1v) is 9.54. The van der Waals surface area contributed by atoms with Gasteiger partial charge in [-0.15, -0.1) is 10.2 Å². The van der Waals surface area contributed by atoms with Crippen LogP contribution in [0, 0.1) is 23.1 Å². The number of nitriles is 1. The lowest BCUT2D eigenvalue weighted by molar-refractivity contribution is 0.409. The summed E-state index contributed by atoms with van der Waals surface area (Å²) >= 11 is 0. The van der Waals surface area contributed by atoms with Gasteiger partial charge in [-0.25, -0.2) is 9.37 Å². The van der Waals surface area contributed by atoms with E-state index in [4.69, 9.17) is 4.74 Å². The van der Waals surface area contributed by atoms with Crippen LogP contribution in [0.5, 0.6) is 5.75 Å². The minimum absolute atomic E-state index is 0.166. The first kappa shape index (κ1) is 19.8. The highest BCUT2D eigenvalue weighted by Gasteiger charge is 2.30. The highest BCUT2D eigenvalue weighted by molar-refractivity contribution is 5.85. The van der Waals surface area contributed by atoms with Gasteiger partial charge in [0.15, 0.2) is 0 Å². The molecule has 1 saturated heterocycles. The molecule has 0 amide bonds. The molecule has 9 heteroatoms. The first-order valence-electron chi connectivity index (χ1n) is 9.54. The summed E-state index contributed by atoms with van der Waals surface area (Å²) in [7, 11) is 3.31. The Labute approximate surface area is 172 Å². The van der Waals surface area contributed by atoms with Crippen LogP contribution in [-0.4, -0.2) is 39.9 Å². The van der Waals surface area contributed by atoms with Gasteiger partial charge in [-0.2, -0.15) is 9.65 Å². The summed E-state index contributed by atoms with van der Waals surface area (Å²) in [5.41, 5.74) is 1.31. The Kier molecular flexibility index (Phi) is 5.31. The number of hydrogen-bond donors (Lipinski definition) is 0. The number of anilines is 1. The Morgan fingerprint density at radius 3 is 2.57 bits per heavy atom. The molecule has 154 valence electrons. The van der Waals surface area contributed by atoms with Gasteiger partial charge < -0.3 is 14.2 Å². The Bertz CT molecular complexity index is 1100. The molecule has 0 N–H and O–H groups in total. The lowest BCUT2D eigenvalue weighted by Crippen LogP contribution is -2.34. The lowest BCUT2D eigenvalue weighted by atomic mass is 9.92. The lowest BCUT2D eigenvalue weighted by Gasteiger charge is -2.35. The van der Waals surface area contributed by atoms with Crippen molar-refractivity contribution in [2.75, 3.05) is 25.1 Å². The zero-order valence-corrected chi connectivity index (χ0v) is 16.6. The average molecular weight is 410 g/mol. The fourth-order valence-electron chi connectivity index (χ4n) is 4.02. The van der Waals surface area contributed by atoms with E-state index < -0.39 is 11.8 Å². The van der Waals surface area contributed by atoms with E-state index in [0.717, 1.165) is 18.7 Å². The van der Waals surface area contributed by atoms with Crippen LogP contribution in [0.4, 0.5) is 14.5 Å². The van der Waals surface area contributed by atoms with Crippen LogP contribution in [0.25, 0.3) is 11.1 Å². The van der Waals surface area contributed by atoms with E-state index in [0.29, 0.717) is 24.3 Å². The molecule has 0 radical (unpaired) electrons. The number of benzene rings is 1. The summed E-state index contributed by atoms with van der Waals surface area (Å²) in [5, 5.41) is 18.0.